The Bertz CT molecular complexity index is 859. The maximum absolute atomic E-state index is 12.6. The zero-order valence-corrected chi connectivity index (χ0v) is 13.4. The van der Waals surface area contributed by atoms with Gasteiger partial charge in [0.2, 0.25) is 11.7 Å². The number of hydrogen-bond acceptors (Lipinski definition) is 5. The van der Waals surface area contributed by atoms with Crippen LogP contribution in [0.4, 0.5) is 10.5 Å². The van der Waals surface area contributed by atoms with Gasteiger partial charge in [-0.05, 0) is 31.0 Å². The molecule has 9 heteroatoms. The molecule has 0 aliphatic carbocycles. The number of carboxylic acid groups (broad SMARTS) is 1. The van der Waals surface area contributed by atoms with E-state index in [1.807, 2.05) is 0 Å². The first-order chi connectivity index (χ1) is 11.9. The van der Waals surface area contributed by atoms with Crippen LogP contribution < -0.4 is 15.8 Å². The molecule has 1 aliphatic heterocycles. The molecule has 3 rings (SSSR count). The molecule has 132 valence electrons. The average Bonchev–Trinajstić information content (AvgIpc) is 3.19. The molecular weight excluding hydrogens is 330 g/mol. The first-order valence-corrected chi connectivity index (χ1v) is 7.63. The largest absolute Gasteiger partial charge is 0.497 e. The molecule has 0 unspecified atom stereocenters. The predicted molar refractivity (Wildman–Crippen MR) is 87.7 cm³/mol. The normalized spacial score (nSPS) is 16.8. The molecule has 0 bridgehead atoms. The summed E-state index contributed by atoms with van der Waals surface area (Å²) in [6, 6.07) is 4.01. The number of hydrogen-bond donors (Lipinski definition) is 3. The Morgan fingerprint density at radius 1 is 1.40 bits per heavy atom. The summed E-state index contributed by atoms with van der Waals surface area (Å²) in [6.07, 6.45) is -0.164. The Morgan fingerprint density at radius 2 is 2.16 bits per heavy atom. The standard InChI is InChI=1S/C16H17N3O6/c1-24-8-4-5-11-9(7-8)12(13(25-11)14(17)20)18-15(21)10-3-2-6-19(10)16(22)23/h4-5,7,10H,2-3,6H2,1H3,(H2,17,20)(H,18,21)(H,22,23)/t10-/m1/s1. The van der Waals surface area contributed by atoms with Gasteiger partial charge in [0.15, 0.2) is 0 Å². The lowest BCUT2D eigenvalue weighted by Gasteiger charge is -2.20. The van der Waals surface area contributed by atoms with Gasteiger partial charge in [-0.2, -0.15) is 0 Å². The van der Waals surface area contributed by atoms with E-state index in [9.17, 15) is 19.5 Å². The zero-order chi connectivity index (χ0) is 18.1. The summed E-state index contributed by atoms with van der Waals surface area (Å²) in [5.74, 6) is -1.07. The average molecular weight is 347 g/mol. The second-order valence-corrected chi connectivity index (χ2v) is 5.66. The molecule has 0 radical (unpaired) electrons. The molecule has 1 atom stereocenters. The maximum Gasteiger partial charge on any atom is 0.407 e. The highest BCUT2D eigenvalue weighted by Gasteiger charge is 2.35. The number of furan rings is 1. The number of benzene rings is 1. The highest BCUT2D eigenvalue weighted by atomic mass is 16.5. The summed E-state index contributed by atoms with van der Waals surface area (Å²) in [5, 5.41) is 12.2. The van der Waals surface area contributed by atoms with E-state index < -0.39 is 23.9 Å². The lowest BCUT2D eigenvalue weighted by atomic mass is 10.1. The Labute approximate surface area is 142 Å². The van der Waals surface area contributed by atoms with Crippen molar-refractivity contribution in [2.45, 2.75) is 18.9 Å². The van der Waals surface area contributed by atoms with Gasteiger partial charge < -0.3 is 25.3 Å². The second-order valence-electron chi connectivity index (χ2n) is 5.66. The van der Waals surface area contributed by atoms with Crippen LogP contribution in [-0.4, -0.2) is 47.6 Å². The van der Waals surface area contributed by atoms with Gasteiger partial charge in [0.1, 0.15) is 23.1 Å². The van der Waals surface area contributed by atoms with Crippen LogP contribution in [0.5, 0.6) is 5.75 Å². The number of primary amides is 1. The molecule has 3 amide bonds. The van der Waals surface area contributed by atoms with Crippen LogP contribution >= 0.6 is 0 Å². The molecule has 1 aliphatic rings. The van der Waals surface area contributed by atoms with E-state index in [-0.39, 0.29) is 18.0 Å². The Balaban J connectivity index is 1.99. The molecular formula is C16H17N3O6. The highest BCUT2D eigenvalue weighted by molar-refractivity contribution is 6.11. The van der Waals surface area contributed by atoms with Crippen LogP contribution in [0.25, 0.3) is 11.0 Å². The van der Waals surface area contributed by atoms with Gasteiger partial charge in [0, 0.05) is 11.9 Å². The fourth-order valence-corrected chi connectivity index (χ4v) is 2.98. The summed E-state index contributed by atoms with van der Waals surface area (Å²) in [7, 11) is 1.48. The minimum absolute atomic E-state index is 0.114. The minimum atomic E-state index is -1.16. The van der Waals surface area contributed by atoms with Crippen molar-refractivity contribution in [3.63, 3.8) is 0 Å². The van der Waals surface area contributed by atoms with Crippen LogP contribution in [-0.2, 0) is 4.79 Å². The second kappa shape index (κ2) is 6.34. The van der Waals surface area contributed by atoms with Crippen molar-refractivity contribution in [2.75, 3.05) is 19.0 Å². The summed E-state index contributed by atoms with van der Waals surface area (Å²) in [4.78, 5) is 36.5. The zero-order valence-electron chi connectivity index (χ0n) is 13.4. The molecule has 2 heterocycles. The Kier molecular flexibility index (Phi) is 4.22. The van der Waals surface area contributed by atoms with Gasteiger partial charge in [-0.1, -0.05) is 0 Å². The summed E-state index contributed by atoms with van der Waals surface area (Å²) in [5.41, 5.74) is 5.80. The lowest BCUT2D eigenvalue weighted by molar-refractivity contribution is -0.119. The van der Waals surface area contributed by atoms with Crippen molar-refractivity contribution in [1.29, 1.82) is 0 Å². The first kappa shape index (κ1) is 16.6. The fraction of sp³-hybridized carbons (Fsp3) is 0.312. The van der Waals surface area contributed by atoms with Crippen molar-refractivity contribution in [3.8, 4) is 5.75 Å². The Morgan fingerprint density at radius 3 is 2.80 bits per heavy atom. The number of carbonyl (C=O) groups is 3. The van der Waals surface area contributed by atoms with Gasteiger partial charge in [-0.3, -0.25) is 14.5 Å². The summed E-state index contributed by atoms with van der Waals surface area (Å²) < 4.78 is 10.6. The first-order valence-electron chi connectivity index (χ1n) is 7.63. The van der Waals surface area contributed by atoms with Crippen molar-refractivity contribution >= 4 is 34.6 Å². The maximum atomic E-state index is 12.6. The third kappa shape index (κ3) is 2.95. The molecule has 1 aromatic heterocycles. The van der Waals surface area contributed by atoms with Gasteiger partial charge >= 0.3 is 6.09 Å². The Hall–Kier alpha value is -3.23. The minimum Gasteiger partial charge on any atom is -0.497 e. The number of carbonyl (C=O) groups excluding carboxylic acids is 2. The lowest BCUT2D eigenvalue weighted by Crippen LogP contribution is -2.42. The van der Waals surface area contributed by atoms with E-state index in [2.05, 4.69) is 5.32 Å². The van der Waals surface area contributed by atoms with Crippen LogP contribution in [0.3, 0.4) is 0 Å². The molecule has 1 aromatic carbocycles. The van der Waals surface area contributed by atoms with Crippen molar-refractivity contribution in [3.05, 3.63) is 24.0 Å². The van der Waals surface area contributed by atoms with Crippen LogP contribution in [0.2, 0.25) is 0 Å². The molecule has 1 saturated heterocycles. The number of methoxy groups -OCH3 is 1. The van der Waals surface area contributed by atoms with Crippen molar-refractivity contribution in [1.82, 2.24) is 4.90 Å². The van der Waals surface area contributed by atoms with E-state index in [1.165, 1.54) is 7.11 Å². The molecule has 1 fully saturated rings. The molecule has 0 spiro atoms. The van der Waals surface area contributed by atoms with Crippen molar-refractivity contribution < 1.29 is 28.6 Å². The SMILES string of the molecule is COc1ccc2oc(C(N)=O)c(NC(=O)[C@H]3CCCN3C(=O)O)c2c1. The van der Waals surface area contributed by atoms with E-state index in [4.69, 9.17) is 14.9 Å². The number of nitrogens with two attached hydrogens (primary N) is 1. The number of nitrogens with one attached hydrogen (secondary N) is 1. The summed E-state index contributed by atoms with van der Waals surface area (Å²) in [6.45, 7) is 0.288. The number of anilines is 1. The van der Waals surface area contributed by atoms with E-state index in [0.717, 1.165) is 4.90 Å². The van der Waals surface area contributed by atoms with Gasteiger partial charge in [0.25, 0.3) is 5.91 Å². The highest BCUT2D eigenvalue weighted by Crippen LogP contribution is 2.34. The fourth-order valence-electron chi connectivity index (χ4n) is 2.98. The molecule has 9 nitrogen and oxygen atoms in total. The van der Waals surface area contributed by atoms with E-state index in [0.29, 0.717) is 29.6 Å². The van der Waals surface area contributed by atoms with Crippen molar-refractivity contribution in [2.24, 2.45) is 5.73 Å². The number of amides is 3. The smallest absolute Gasteiger partial charge is 0.407 e. The van der Waals surface area contributed by atoms with E-state index >= 15 is 0 Å². The number of likely N-dealkylation sites (tertiary alicyclic amines) is 1. The van der Waals surface area contributed by atoms with Crippen LogP contribution in [0, 0.1) is 0 Å². The monoisotopic (exact) mass is 347 g/mol. The number of fused-ring (bicyclic) bond motifs is 1. The number of ether oxygens (including phenoxy) is 1. The van der Waals surface area contributed by atoms with Gasteiger partial charge in [0.05, 0.1) is 7.11 Å². The third-order valence-electron chi connectivity index (χ3n) is 4.17. The quantitative estimate of drug-likeness (QED) is 0.769. The molecule has 4 N–H and O–H groups in total. The molecule has 2 aromatic rings. The number of nitrogens with zero attached hydrogens (tertiary/aromatic N) is 1. The topological polar surface area (TPSA) is 135 Å². The van der Waals surface area contributed by atoms with E-state index in [1.54, 1.807) is 18.2 Å². The third-order valence-corrected chi connectivity index (χ3v) is 4.17. The van der Waals surface area contributed by atoms with Gasteiger partial charge in [-0.15, -0.1) is 0 Å². The summed E-state index contributed by atoms with van der Waals surface area (Å²) >= 11 is 0. The molecule has 25 heavy (non-hydrogen) atoms. The van der Waals surface area contributed by atoms with Gasteiger partial charge in [-0.25, -0.2) is 4.79 Å². The predicted octanol–water partition coefficient (Wildman–Crippen LogP) is 1.62. The number of rotatable bonds is 4. The van der Waals surface area contributed by atoms with Crippen LogP contribution in [0.1, 0.15) is 23.4 Å². The molecule has 0 saturated carbocycles. The van der Waals surface area contributed by atoms with Crippen LogP contribution in [0.15, 0.2) is 22.6 Å².